The molecule has 0 aromatic carbocycles. The van der Waals surface area contributed by atoms with Crippen LogP contribution in [0.1, 0.15) is 25.6 Å². The van der Waals surface area contributed by atoms with Crippen molar-refractivity contribution in [3.8, 4) is 0 Å². The maximum Gasteiger partial charge on any atom is 0.267 e. The third-order valence-corrected chi connectivity index (χ3v) is 4.60. The molecular formula is C10H14N4O2S2. The molecule has 2 aromatic heterocycles. The summed E-state index contributed by atoms with van der Waals surface area (Å²) in [7, 11) is -3.61. The number of aryl methyl sites for hydroxylation is 1. The van der Waals surface area contributed by atoms with Gasteiger partial charge in [-0.05, 0) is 20.8 Å². The van der Waals surface area contributed by atoms with E-state index >= 15 is 0 Å². The van der Waals surface area contributed by atoms with Gasteiger partial charge in [-0.1, -0.05) is 0 Å². The van der Waals surface area contributed by atoms with Gasteiger partial charge in [-0.25, -0.2) is 13.4 Å². The lowest BCUT2D eigenvalue weighted by Crippen LogP contribution is -2.13. The Morgan fingerprint density at radius 3 is 2.67 bits per heavy atom. The van der Waals surface area contributed by atoms with Crippen LogP contribution in [0.25, 0.3) is 0 Å². The summed E-state index contributed by atoms with van der Waals surface area (Å²) in [6.45, 7) is 5.56. The summed E-state index contributed by atoms with van der Waals surface area (Å²) in [6, 6.07) is 0.118. The van der Waals surface area contributed by atoms with Crippen LogP contribution in [0, 0.1) is 6.92 Å². The molecule has 0 radical (unpaired) electrons. The fourth-order valence-corrected chi connectivity index (χ4v) is 3.40. The van der Waals surface area contributed by atoms with Crippen molar-refractivity contribution < 1.29 is 8.42 Å². The minimum Gasteiger partial charge on any atom is -0.269 e. The fraction of sp³-hybridized carbons (Fsp3) is 0.400. The number of aromatic nitrogens is 3. The van der Waals surface area contributed by atoms with Crippen LogP contribution in [-0.4, -0.2) is 23.2 Å². The summed E-state index contributed by atoms with van der Waals surface area (Å²) in [5, 5.41) is 6.25. The van der Waals surface area contributed by atoms with Crippen LogP contribution in [0.3, 0.4) is 0 Å². The van der Waals surface area contributed by atoms with E-state index < -0.39 is 10.0 Å². The average Bonchev–Trinajstić information content (AvgIpc) is 2.86. The van der Waals surface area contributed by atoms with E-state index in [1.807, 2.05) is 13.8 Å². The molecule has 0 aliphatic rings. The first kappa shape index (κ1) is 13.0. The zero-order valence-corrected chi connectivity index (χ0v) is 11.9. The molecule has 0 aliphatic carbocycles. The van der Waals surface area contributed by atoms with E-state index in [9.17, 15) is 8.42 Å². The first-order chi connectivity index (χ1) is 8.40. The molecule has 0 saturated carbocycles. The van der Waals surface area contributed by atoms with E-state index in [4.69, 9.17) is 0 Å². The van der Waals surface area contributed by atoms with E-state index in [0.29, 0.717) is 10.8 Å². The average molecular weight is 286 g/mol. The highest BCUT2D eigenvalue weighted by Crippen LogP contribution is 2.21. The molecule has 2 aromatic rings. The second-order valence-electron chi connectivity index (χ2n) is 4.10. The van der Waals surface area contributed by atoms with Gasteiger partial charge >= 0.3 is 0 Å². The number of nitrogens with one attached hydrogen (secondary N) is 1. The maximum atomic E-state index is 12.2. The van der Waals surface area contributed by atoms with Gasteiger partial charge in [0.05, 0.1) is 5.69 Å². The van der Waals surface area contributed by atoms with Crippen molar-refractivity contribution in [2.75, 3.05) is 4.72 Å². The van der Waals surface area contributed by atoms with Crippen molar-refractivity contribution in [2.45, 2.75) is 31.7 Å². The minimum absolute atomic E-state index is 0.118. The molecule has 18 heavy (non-hydrogen) atoms. The molecule has 0 bridgehead atoms. The summed E-state index contributed by atoms with van der Waals surface area (Å²) < 4.78 is 28.4. The lowest BCUT2D eigenvalue weighted by Gasteiger charge is -2.04. The molecule has 98 valence electrons. The van der Waals surface area contributed by atoms with Crippen molar-refractivity contribution in [1.29, 1.82) is 0 Å². The topological polar surface area (TPSA) is 76.9 Å². The van der Waals surface area contributed by atoms with E-state index in [0.717, 1.165) is 0 Å². The second kappa shape index (κ2) is 4.69. The molecule has 0 saturated heterocycles. The van der Waals surface area contributed by atoms with Crippen molar-refractivity contribution in [1.82, 2.24) is 14.8 Å². The van der Waals surface area contributed by atoms with Crippen LogP contribution in [0.15, 0.2) is 22.7 Å². The van der Waals surface area contributed by atoms with Gasteiger partial charge in [-0.2, -0.15) is 5.10 Å². The highest BCUT2D eigenvalue weighted by molar-refractivity contribution is 7.93. The lowest BCUT2D eigenvalue weighted by molar-refractivity contribution is 0.528. The fourth-order valence-electron chi connectivity index (χ4n) is 1.44. The smallest absolute Gasteiger partial charge is 0.267 e. The van der Waals surface area contributed by atoms with Gasteiger partial charge in [-0.3, -0.25) is 9.40 Å². The molecule has 0 amide bonds. The molecule has 6 nitrogen and oxygen atoms in total. The van der Waals surface area contributed by atoms with Gasteiger partial charge in [-0.15, -0.1) is 11.3 Å². The Balaban J connectivity index is 2.35. The van der Waals surface area contributed by atoms with Gasteiger partial charge in [0.1, 0.15) is 4.90 Å². The number of sulfonamides is 1. The van der Waals surface area contributed by atoms with E-state index in [-0.39, 0.29) is 10.9 Å². The summed E-state index contributed by atoms with van der Waals surface area (Å²) in [5.74, 6) is 0. The Labute approximate surface area is 110 Å². The maximum absolute atomic E-state index is 12.2. The molecule has 0 fully saturated rings. The number of anilines is 1. The quantitative estimate of drug-likeness (QED) is 0.933. The SMILES string of the molecule is Cc1nn(C(C)C)cc1S(=O)(=O)Nc1nccs1. The predicted octanol–water partition coefficient (Wildman–Crippen LogP) is 2.03. The molecule has 0 unspecified atom stereocenters. The standard InChI is InChI=1S/C10H14N4O2S2/c1-7(2)14-6-9(8(3)12-14)18(15,16)13-10-11-4-5-17-10/h4-7H,1-3H3,(H,11,13). The van der Waals surface area contributed by atoms with Gasteiger partial charge < -0.3 is 0 Å². The van der Waals surface area contributed by atoms with E-state index in [1.165, 1.54) is 17.5 Å². The molecular weight excluding hydrogens is 272 g/mol. The Kier molecular flexibility index (Phi) is 3.40. The van der Waals surface area contributed by atoms with Crippen molar-refractivity contribution in [3.63, 3.8) is 0 Å². The van der Waals surface area contributed by atoms with Gasteiger partial charge in [0, 0.05) is 23.8 Å². The van der Waals surface area contributed by atoms with Gasteiger partial charge in [0.15, 0.2) is 5.13 Å². The van der Waals surface area contributed by atoms with Crippen LogP contribution in [0.5, 0.6) is 0 Å². The number of thiazole rings is 1. The molecule has 1 N–H and O–H groups in total. The summed E-state index contributed by atoms with van der Waals surface area (Å²) in [4.78, 5) is 4.09. The Bertz CT molecular complexity index is 629. The van der Waals surface area contributed by atoms with Crippen LogP contribution in [0.4, 0.5) is 5.13 Å². The van der Waals surface area contributed by atoms with Gasteiger partial charge in [0.2, 0.25) is 0 Å². The third kappa shape index (κ3) is 2.54. The van der Waals surface area contributed by atoms with E-state index in [2.05, 4.69) is 14.8 Å². The van der Waals surface area contributed by atoms with Crippen LogP contribution in [0.2, 0.25) is 0 Å². The molecule has 8 heteroatoms. The normalized spacial score (nSPS) is 12.0. The van der Waals surface area contributed by atoms with Crippen LogP contribution < -0.4 is 4.72 Å². The highest BCUT2D eigenvalue weighted by Gasteiger charge is 2.21. The zero-order chi connectivity index (χ0) is 13.3. The largest absolute Gasteiger partial charge is 0.269 e. The first-order valence-corrected chi connectivity index (χ1v) is 7.74. The van der Waals surface area contributed by atoms with Crippen molar-refractivity contribution in [2.24, 2.45) is 0 Å². The van der Waals surface area contributed by atoms with Gasteiger partial charge in [0.25, 0.3) is 10.0 Å². The number of rotatable bonds is 4. The zero-order valence-electron chi connectivity index (χ0n) is 10.3. The van der Waals surface area contributed by atoms with Crippen molar-refractivity contribution >= 4 is 26.5 Å². The van der Waals surface area contributed by atoms with Crippen LogP contribution >= 0.6 is 11.3 Å². The van der Waals surface area contributed by atoms with Crippen molar-refractivity contribution in [3.05, 3.63) is 23.5 Å². The van der Waals surface area contributed by atoms with E-state index in [1.54, 1.807) is 23.2 Å². The molecule has 0 aliphatic heterocycles. The Morgan fingerprint density at radius 2 is 2.17 bits per heavy atom. The summed E-state index contributed by atoms with van der Waals surface area (Å²) in [5.41, 5.74) is 0.479. The molecule has 0 spiro atoms. The highest BCUT2D eigenvalue weighted by atomic mass is 32.2. The molecule has 2 heterocycles. The Hall–Kier alpha value is -1.41. The summed E-state index contributed by atoms with van der Waals surface area (Å²) in [6.07, 6.45) is 3.09. The lowest BCUT2D eigenvalue weighted by atomic mass is 10.4. The number of hydrogen-bond donors (Lipinski definition) is 1. The third-order valence-electron chi connectivity index (χ3n) is 2.34. The first-order valence-electron chi connectivity index (χ1n) is 5.38. The molecule has 0 atom stereocenters. The molecule has 2 rings (SSSR count). The summed E-state index contributed by atoms with van der Waals surface area (Å²) >= 11 is 1.23. The second-order valence-corrected chi connectivity index (χ2v) is 6.64. The number of nitrogens with zero attached hydrogens (tertiary/aromatic N) is 3. The van der Waals surface area contributed by atoms with Crippen LogP contribution in [-0.2, 0) is 10.0 Å². The number of hydrogen-bond acceptors (Lipinski definition) is 5. The monoisotopic (exact) mass is 286 g/mol. The predicted molar refractivity (Wildman–Crippen MR) is 70.3 cm³/mol. The minimum atomic E-state index is -3.61. The Morgan fingerprint density at radius 1 is 1.44 bits per heavy atom.